The fourth-order valence-corrected chi connectivity index (χ4v) is 2.98. The van der Waals surface area contributed by atoms with Crippen LogP contribution in [0.15, 0.2) is 0 Å². The molecular weight excluding hydrogens is 226 g/mol. The zero-order valence-corrected chi connectivity index (χ0v) is 11.6. The number of nitrogens with one attached hydrogen (secondary N) is 1. The van der Waals surface area contributed by atoms with E-state index in [2.05, 4.69) is 30.7 Å². The Hall–Kier alpha value is -0.870. The Bertz CT molecular complexity index is 439. The minimum atomic E-state index is 0.0972. The minimum absolute atomic E-state index is 0.0972. The van der Waals surface area contributed by atoms with Gasteiger partial charge in [-0.1, -0.05) is 20.8 Å². The summed E-state index contributed by atoms with van der Waals surface area (Å²) in [6.45, 7) is 10.5. The highest BCUT2D eigenvalue weighted by Crippen LogP contribution is 2.32. The lowest BCUT2D eigenvalue weighted by molar-refractivity contribution is 0.185. The molecule has 1 unspecified atom stereocenters. The molecule has 4 nitrogen and oxygen atoms in total. The van der Waals surface area contributed by atoms with Gasteiger partial charge >= 0.3 is 0 Å². The van der Waals surface area contributed by atoms with E-state index in [0.29, 0.717) is 6.04 Å². The molecule has 1 N–H and O–H groups in total. The fraction of sp³-hybridized carbons (Fsp3) is 0.786. The summed E-state index contributed by atoms with van der Waals surface area (Å²) in [5, 5.41) is 3.42. The van der Waals surface area contributed by atoms with Crippen LogP contribution in [0.5, 0.6) is 0 Å². The van der Waals surface area contributed by atoms with Gasteiger partial charge in [0.2, 0.25) is 0 Å². The van der Waals surface area contributed by atoms with Gasteiger partial charge in [-0.25, -0.2) is 4.98 Å². The molecule has 0 aliphatic carbocycles. The first-order valence-corrected chi connectivity index (χ1v) is 6.96. The third-order valence-corrected chi connectivity index (χ3v) is 3.87. The van der Waals surface area contributed by atoms with Crippen molar-refractivity contribution in [3.05, 3.63) is 17.2 Å². The summed E-state index contributed by atoms with van der Waals surface area (Å²) in [4.78, 5) is 4.91. The van der Waals surface area contributed by atoms with Gasteiger partial charge in [0.05, 0.1) is 18.3 Å². The molecule has 3 rings (SSSR count). The van der Waals surface area contributed by atoms with Gasteiger partial charge in [-0.2, -0.15) is 0 Å². The van der Waals surface area contributed by atoms with Gasteiger partial charge in [0.25, 0.3) is 0 Å². The molecule has 1 atom stereocenters. The van der Waals surface area contributed by atoms with Crippen LogP contribution >= 0.6 is 0 Å². The molecule has 4 heteroatoms. The van der Waals surface area contributed by atoms with Gasteiger partial charge in [0.1, 0.15) is 5.82 Å². The lowest BCUT2D eigenvalue weighted by Crippen LogP contribution is -2.27. The average molecular weight is 249 g/mol. The van der Waals surface area contributed by atoms with E-state index in [1.807, 2.05) is 0 Å². The molecule has 1 saturated heterocycles. The molecule has 1 aromatic heterocycles. The average Bonchev–Trinajstić information content (AvgIpc) is 2.94. The predicted molar refractivity (Wildman–Crippen MR) is 70.8 cm³/mol. The van der Waals surface area contributed by atoms with Gasteiger partial charge in [0, 0.05) is 37.2 Å². The van der Waals surface area contributed by atoms with E-state index in [1.165, 1.54) is 17.2 Å². The molecule has 0 amide bonds. The van der Waals surface area contributed by atoms with Crippen molar-refractivity contribution in [2.24, 2.45) is 0 Å². The molecule has 2 aliphatic heterocycles. The SMILES string of the molecule is CC(C)(C)c1nc2c(n1C1CCOC1)CCNC2. The molecule has 0 bridgehead atoms. The molecule has 0 saturated carbocycles. The van der Waals surface area contributed by atoms with E-state index in [9.17, 15) is 0 Å². The van der Waals surface area contributed by atoms with Crippen molar-refractivity contribution in [1.82, 2.24) is 14.9 Å². The predicted octanol–water partition coefficient (Wildman–Crippen LogP) is 1.79. The van der Waals surface area contributed by atoms with Crippen LogP contribution < -0.4 is 5.32 Å². The van der Waals surface area contributed by atoms with Crippen LogP contribution in [-0.4, -0.2) is 29.3 Å². The van der Waals surface area contributed by atoms with Crippen LogP contribution in [0, 0.1) is 0 Å². The van der Waals surface area contributed by atoms with E-state index in [4.69, 9.17) is 9.72 Å². The van der Waals surface area contributed by atoms with Gasteiger partial charge in [-0.3, -0.25) is 0 Å². The van der Waals surface area contributed by atoms with Crippen molar-refractivity contribution >= 4 is 0 Å². The van der Waals surface area contributed by atoms with Gasteiger partial charge in [-0.05, 0) is 6.42 Å². The van der Waals surface area contributed by atoms with Crippen LogP contribution in [0.4, 0.5) is 0 Å². The summed E-state index contributed by atoms with van der Waals surface area (Å²) in [5.74, 6) is 1.23. The summed E-state index contributed by atoms with van der Waals surface area (Å²) >= 11 is 0. The number of ether oxygens (including phenoxy) is 1. The first kappa shape index (κ1) is 12.2. The van der Waals surface area contributed by atoms with Crippen molar-refractivity contribution in [1.29, 1.82) is 0 Å². The lowest BCUT2D eigenvalue weighted by Gasteiger charge is -2.25. The molecule has 100 valence electrons. The van der Waals surface area contributed by atoms with Crippen LogP contribution in [0.1, 0.15) is 50.4 Å². The summed E-state index contributed by atoms with van der Waals surface area (Å²) in [6, 6.07) is 0.494. The van der Waals surface area contributed by atoms with E-state index in [-0.39, 0.29) is 5.41 Å². The topological polar surface area (TPSA) is 39.1 Å². The fourth-order valence-electron chi connectivity index (χ4n) is 2.98. The Morgan fingerprint density at radius 3 is 2.89 bits per heavy atom. The highest BCUT2D eigenvalue weighted by molar-refractivity contribution is 5.24. The minimum Gasteiger partial charge on any atom is -0.379 e. The summed E-state index contributed by atoms with van der Waals surface area (Å²) in [7, 11) is 0. The Kier molecular flexibility index (Phi) is 2.94. The van der Waals surface area contributed by atoms with E-state index < -0.39 is 0 Å². The Morgan fingerprint density at radius 1 is 1.39 bits per heavy atom. The number of hydrogen-bond acceptors (Lipinski definition) is 3. The quantitative estimate of drug-likeness (QED) is 0.824. The number of nitrogens with zero attached hydrogens (tertiary/aromatic N) is 2. The summed E-state index contributed by atoms with van der Waals surface area (Å²) in [5.41, 5.74) is 2.78. The highest BCUT2D eigenvalue weighted by Gasteiger charge is 2.31. The zero-order chi connectivity index (χ0) is 12.8. The Balaban J connectivity index is 2.09. The Labute approximate surface area is 109 Å². The largest absolute Gasteiger partial charge is 0.379 e. The van der Waals surface area contributed by atoms with Gasteiger partial charge in [-0.15, -0.1) is 0 Å². The van der Waals surface area contributed by atoms with Crippen LogP contribution in [0.3, 0.4) is 0 Å². The van der Waals surface area contributed by atoms with Crippen molar-refractivity contribution in [3.63, 3.8) is 0 Å². The molecule has 0 aromatic carbocycles. The Morgan fingerprint density at radius 2 is 2.22 bits per heavy atom. The maximum absolute atomic E-state index is 5.58. The number of imidazole rings is 1. The molecule has 0 spiro atoms. The van der Waals surface area contributed by atoms with Crippen LogP contribution in [0.25, 0.3) is 0 Å². The van der Waals surface area contributed by atoms with E-state index >= 15 is 0 Å². The second kappa shape index (κ2) is 4.35. The molecule has 0 radical (unpaired) electrons. The molecule has 3 heterocycles. The standard InChI is InChI=1S/C14H23N3O/c1-14(2,3)13-16-11-8-15-6-4-12(11)17(13)10-5-7-18-9-10/h10,15H,4-9H2,1-3H3. The van der Waals surface area contributed by atoms with Gasteiger partial charge in [0.15, 0.2) is 0 Å². The first-order valence-electron chi connectivity index (χ1n) is 6.96. The van der Waals surface area contributed by atoms with E-state index in [1.54, 1.807) is 0 Å². The maximum Gasteiger partial charge on any atom is 0.115 e. The number of aromatic nitrogens is 2. The third-order valence-electron chi connectivity index (χ3n) is 3.87. The highest BCUT2D eigenvalue weighted by atomic mass is 16.5. The van der Waals surface area contributed by atoms with Crippen LogP contribution in [-0.2, 0) is 23.1 Å². The molecular formula is C14H23N3O. The van der Waals surface area contributed by atoms with Crippen molar-refractivity contribution in [3.8, 4) is 0 Å². The third kappa shape index (κ3) is 1.97. The number of fused-ring (bicyclic) bond motifs is 1. The second-order valence-corrected chi connectivity index (χ2v) is 6.39. The summed E-state index contributed by atoms with van der Waals surface area (Å²) in [6.07, 6.45) is 2.22. The zero-order valence-electron chi connectivity index (χ0n) is 11.6. The van der Waals surface area contributed by atoms with Crippen molar-refractivity contribution in [2.75, 3.05) is 19.8 Å². The monoisotopic (exact) mass is 249 g/mol. The van der Waals surface area contributed by atoms with Gasteiger partial charge < -0.3 is 14.6 Å². The smallest absolute Gasteiger partial charge is 0.115 e. The lowest BCUT2D eigenvalue weighted by atomic mass is 9.95. The first-order chi connectivity index (χ1) is 8.57. The van der Waals surface area contributed by atoms with Crippen LogP contribution in [0.2, 0.25) is 0 Å². The normalized spacial score (nSPS) is 24.3. The number of hydrogen-bond donors (Lipinski definition) is 1. The molecule has 18 heavy (non-hydrogen) atoms. The molecule has 1 aromatic rings. The van der Waals surface area contributed by atoms with E-state index in [0.717, 1.165) is 39.1 Å². The van der Waals surface area contributed by atoms with Crippen molar-refractivity contribution in [2.45, 2.75) is 51.6 Å². The summed E-state index contributed by atoms with van der Waals surface area (Å²) < 4.78 is 8.06. The molecule has 1 fully saturated rings. The number of rotatable bonds is 1. The molecule has 2 aliphatic rings. The maximum atomic E-state index is 5.58. The van der Waals surface area contributed by atoms with Crippen molar-refractivity contribution < 1.29 is 4.74 Å². The second-order valence-electron chi connectivity index (χ2n) is 6.39.